The second-order valence-electron chi connectivity index (χ2n) is 5.21. The van der Waals surface area contributed by atoms with Gasteiger partial charge in [-0.05, 0) is 32.4 Å². The van der Waals surface area contributed by atoms with E-state index in [2.05, 4.69) is 11.9 Å². The number of hydrogen-bond donors (Lipinski definition) is 1. The van der Waals surface area contributed by atoms with Gasteiger partial charge in [-0.15, -0.1) is 0 Å². The van der Waals surface area contributed by atoms with Crippen LogP contribution in [0.25, 0.3) is 11.0 Å². The minimum absolute atomic E-state index is 0.0340. The zero-order valence-electron chi connectivity index (χ0n) is 11.0. The molecule has 5 nitrogen and oxygen atoms in total. The molecule has 0 radical (unpaired) electrons. The van der Waals surface area contributed by atoms with Crippen LogP contribution >= 0.6 is 0 Å². The molecular weight excluding hydrogens is 244 g/mol. The van der Waals surface area contributed by atoms with E-state index in [4.69, 9.17) is 4.74 Å². The maximum atomic E-state index is 11.4. The molecule has 3 rings (SSSR count). The van der Waals surface area contributed by atoms with Crippen LogP contribution in [0.3, 0.4) is 0 Å². The highest BCUT2D eigenvalue weighted by molar-refractivity contribution is 6.01. The molecule has 0 amide bonds. The first-order valence-corrected chi connectivity index (χ1v) is 6.35. The first-order chi connectivity index (χ1) is 9.04. The van der Waals surface area contributed by atoms with E-state index in [0.717, 1.165) is 6.42 Å². The molecule has 19 heavy (non-hydrogen) atoms. The molecule has 2 unspecified atom stereocenters. The van der Waals surface area contributed by atoms with E-state index >= 15 is 0 Å². The topological polar surface area (TPSA) is 64.4 Å². The number of nitrogens with zero attached hydrogens (tertiary/aromatic N) is 2. The van der Waals surface area contributed by atoms with E-state index in [1.165, 1.54) is 0 Å². The van der Waals surface area contributed by atoms with Gasteiger partial charge < -0.3 is 14.4 Å². The van der Waals surface area contributed by atoms with Crippen LogP contribution in [-0.2, 0) is 10.3 Å². The number of rotatable bonds is 2. The summed E-state index contributed by atoms with van der Waals surface area (Å²) in [5, 5.41) is 9.35. The van der Waals surface area contributed by atoms with Gasteiger partial charge in [0.15, 0.2) is 0 Å². The number of ether oxygens (including phenoxy) is 1. The van der Waals surface area contributed by atoms with Crippen LogP contribution < -0.4 is 0 Å². The maximum absolute atomic E-state index is 11.4. The minimum atomic E-state index is -0.928. The summed E-state index contributed by atoms with van der Waals surface area (Å²) in [4.78, 5) is 15.7. The second kappa shape index (κ2) is 4.06. The molecule has 2 aromatic rings. The number of carbonyl (C=O) groups is 1. The van der Waals surface area contributed by atoms with E-state index < -0.39 is 5.97 Å². The monoisotopic (exact) mass is 260 g/mol. The predicted molar refractivity (Wildman–Crippen MR) is 70.4 cm³/mol. The van der Waals surface area contributed by atoms with Crippen LogP contribution in [0.1, 0.15) is 30.6 Å². The van der Waals surface area contributed by atoms with Crippen LogP contribution in [0.4, 0.5) is 0 Å². The van der Waals surface area contributed by atoms with Crippen molar-refractivity contribution >= 4 is 17.0 Å². The van der Waals surface area contributed by atoms with Crippen molar-refractivity contribution in [3.63, 3.8) is 0 Å². The molecule has 0 saturated carbocycles. The molecule has 1 fully saturated rings. The normalized spacial score (nSPS) is 26.9. The highest BCUT2D eigenvalue weighted by atomic mass is 16.5. The lowest BCUT2D eigenvalue weighted by Crippen LogP contribution is -2.36. The van der Waals surface area contributed by atoms with Crippen LogP contribution in [0, 0.1) is 0 Å². The molecule has 0 aliphatic carbocycles. The third kappa shape index (κ3) is 1.65. The Labute approximate surface area is 110 Å². The molecule has 5 heteroatoms. The van der Waals surface area contributed by atoms with Gasteiger partial charge in [0, 0.05) is 6.61 Å². The zero-order chi connectivity index (χ0) is 13.6. The van der Waals surface area contributed by atoms with Crippen molar-refractivity contribution in [1.29, 1.82) is 0 Å². The number of aromatic carboxylic acids is 1. The van der Waals surface area contributed by atoms with Crippen molar-refractivity contribution in [2.45, 2.75) is 31.9 Å². The van der Waals surface area contributed by atoms with E-state index in [1.54, 1.807) is 18.5 Å². The summed E-state index contributed by atoms with van der Waals surface area (Å²) in [5.74, 6) is -0.928. The summed E-state index contributed by atoms with van der Waals surface area (Å²) in [5.41, 5.74) is 1.42. The first kappa shape index (κ1) is 12.2. The molecule has 1 aromatic carbocycles. The van der Waals surface area contributed by atoms with Gasteiger partial charge in [-0.1, -0.05) is 6.07 Å². The Morgan fingerprint density at radius 3 is 3.00 bits per heavy atom. The Bertz CT molecular complexity index is 649. The van der Waals surface area contributed by atoms with Crippen molar-refractivity contribution in [2.75, 3.05) is 6.61 Å². The summed E-state index contributed by atoms with van der Waals surface area (Å²) >= 11 is 0. The Balaban J connectivity index is 2.28. The highest BCUT2D eigenvalue weighted by Crippen LogP contribution is 2.36. The number of carboxylic acids is 1. The largest absolute Gasteiger partial charge is 0.478 e. The minimum Gasteiger partial charge on any atom is -0.478 e. The average molecular weight is 260 g/mol. The summed E-state index contributed by atoms with van der Waals surface area (Å²) in [6.45, 7) is 4.79. The first-order valence-electron chi connectivity index (χ1n) is 6.35. The van der Waals surface area contributed by atoms with Gasteiger partial charge in [0.1, 0.15) is 0 Å². The average Bonchev–Trinajstić information content (AvgIpc) is 2.94. The summed E-state index contributed by atoms with van der Waals surface area (Å²) in [7, 11) is 0. The highest BCUT2D eigenvalue weighted by Gasteiger charge is 2.40. The van der Waals surface area contributed by atoms with Crippen LogP contribution in [0.2, 0.25) is 0 Å². The van der Waals surface area contributed by atoms with Gasteiger partial charge in [-0.3, -0.25) is 0 Å². The smallest absolute Gasteiger partial charge is 0.337 e. The fourth-order valence-corrected chi connectivity index (χ4v) is 2.77. The van der Waals surface area contributed by atoms with Crippen LogP contribution in [-0.4, -0.2) is 33.3 Å². The summed E-state index contributed by atoms with van der Waals surface area (Å²) < 4.78 is 7.61. The summed E-state index contributed by atoms with van der Waals surface area (Å²) in [6.07, 6.45) is 2.61. The number of carboxylic acid groups (broad SMARTS) is 1. The molecule has 0 bridgehead atoms. The van der Waals surface area contributed by atoms with Gasteiger partial charge >= 0.3 is 5.97 Å². The third-order valence-corrected chi connectivity index (χ3v) is 4.20. The lowest BCUT2D eigenvalue weighted by Gasteiger charge is -2.30. The number of para-hydroxylation sites is 1. The molecule has 2 atom stereocenters. The number of hydrogen-bond acceptors (Lipinski definition) is 3. The van der Waals surface area contributed by atoms with Gasteiger partial charge in [0.25, 0.3) is 0 Å². The van der Waals surface area contributed by atoms with Crippen LogP contribution in [0.15, 0.2) is 24.5 Å². The van der Waals surface area contributed by atoms with E-state index in [-0.39, 0.29) is 17.2 Å². The van der Waals surface area contributed by atoms with Crippen molar-refractivity contribution in [3.8, 4) is 0 Å². The molecule has 1 aliphatic rings. The number of benzene rings is 1. The second-order valence-corrected chi connectivity index (χ2v) is 5.21. The fraction of sp³-hybridized carbons (Fsp3) is 0.429. The lowest BCUT2D eigenvalue weighted by atomic mass is 9.93. The Hall–Kier alpha value is -1.88. The SMILES string of the molecule is CC1OCCC1(C)n1cnc2cccc(C(=O)O)c21. The number of aromatic nitrogens is 2. The van der Waals surface area contributed by atoms with E-state index in [9.17, 15) is 9.90 Å². The molecule has 1 saturated heterocycles. The number of imidazole rings is 1. The van der Waals surface area contributed by atoms with Gasteiger partial charge in [-0.2, -0.15) is 0 Å². The van der Waals surface area contributed by atoms with E-state index in [1.807, 2.05) is 17.6 Å². The maximum Gasteiger partial charge on any atom is 0.337 e. The molecule has 2 heterocycles. The third-order valence-electron chi connectivity index (χ3n) is 4.20. The van der Waals surface area contributed by atoms with Crippen molar-refractivity contribution in [2.24, 2.45) is 0 Å². The van der Waals surface area contributed by atoms with Crippen molar-refractivity contribution in [3.05, 3.63) is 30.1 Å². The van der Waals surface area contributed by atoms with Gasteiger partial charge in [-0.25, -0.2) is 9.78 Å². The quantitative estimate of drug-likeness (QED) is 0.899. The molecule has 1 aromatic heterocycles. The lowest BCUT2D eigenvalue weighted by molar-refractivity contribution is 0.0692. The Morgan fingerprint density at radius 1 is 1.58 bits per heavy atom. The van der Waals surface area contributed by atoms with Gasteiger partial charge in [0.2, 0.25) is 0 Å². The molecule has 1 aliphatic heterocycles. The van der Waals surface area contributed by atoms with Crippen molar-refractivity contribution < 1.29 is 14.6 Å². The summed E-state index contributed by atoms with van der Waals surface area (Å²) in [6, 6.07) is 5.18. The number of fused-ring (bicyclic) bond motifs is 1. The van der Waals surface area contributed by atoms with Crippen molar-refractivity contribution in [1.82, 2.24) is 9.55 Å². The fourth-order valence-electron chi connectivity index (χ4n) is 2.77. The van der Waals surface area contributed by atoms with Crippen LogP contribution in [0.5, 0.6) is 0 Å². The standard InChI is InChI=1S/C14H16N2O3/c1-9-14(2,6-7-19-9)16-8-15-11-5-3-4-10(12(11)16)13(17)18/h3-5,8-9H,6-7H2,1-2H3,(H,17,18). The predicted octanol–water partition coefficient (Wildman–Crippen LogP) is 2.26. The molecule has 0 spiro atoms. The Morgan fingerprint density at radius 2 is 2.37 bits per heavy atom. The van der Waals surface area contributed by atoms with E-state index in [0.29, 0.717) is 17.6 Å². The Kier molecular flexibility index (Phi) is 2.60. The molecule has 100 valence electrons. The van der Waals surface area contributed by atoms with Gasteiger partial charge in [0.05, 0.1) is 34.6 Å². The zero-order valence-corrected chi connectivity index (χ0v) is 11.0. The molecule has 1 N–H and O–H groups in total. The molecular formula is C14H16N2O3.